The van der Waals surface area contributed by atoms with Gasteiger partial charge in [0.2, 0.25) is 0 Å². The predicted octanol–water partition coefficient (Wildman–Crippen LogP) is 2.99. The van der Waals surface area contributed by atoms with E-state index in [4.69, 9.17) is 10.5 Å². The third kappa shape index (κ3) is 5.05. The largest absolute Gasteiger partial charge is 0.379 e. The molecule has 0 unspecified atom stereocenters. The molecular formula is C14H30Cl2N2O. The van der Waals surface area contributed by atoms with Gasteiger partial charge in [0.05, 0.1) is 6.10 Å². The maximum atomic E-state index is 5.98. The van der Waals surface area contributed by atoms with Crippen molar-refractivity contribution in [1.82, 2.24) is 4.90 Å². The number of ether oxygens (including phenoxy) is 1. The molecule has 0 bridgehead atoms. The summed E-state index contributed by atoms with van der Waals surface area (Å²) in [5, 5.41) is 0. The molecular weight excluding hydrogens is 283 g/mol. The Balaban J connectivity index is 0.00000162. The molecule has 0 atom stereocenters. The number of nitrogens with two attached hydrogens (primary N) is 1. The van der Waals surface area contributed by atoms with Crippen LogP contribution in [0.3, 0.4) is 0 Å². The highest BCUT2D eigenvalue weighted by atomic mass is 35.5. The summed E-state index contributed by atoms with van der Waals surface area (Å²) in [6, 6.07) is 0.439. The molecule has 0 amide bonds. The zero-order valence-corrected chi connectivity index (χ0v) is 13.9. The number of hydrogen-bond donors (Lipinski definition) is 1. The first kappa shape index (κ1) is 19.5. The minimum Gasteiger partial charge on any atom is -0.379 e. The first-order chi connectivity index (χ1) is 8.14. The maximum absolute atomic E-state index is 5.98. The lowest BCUT2D eigenvalue weighted by Crippen LogP contribution is -2.54. The lowest BCUT2D eigenvalue weighted by atomic mass is 9.79. The summed E-state index contributed by atoms with van der Waals surface area (Å²) in [5.74, 6) is 0. The molecule has 19 heavy (non-hydrogen) atoms. The molecule has 1 saturated carbocycles. The quantitative estimate of drug-likeness (QED) is 0.870. The minimum atomic E-state index is 0. The van der Waals surface area contributed by atoms with Crippen LogP contribution in [0.25, 0.3) is 0 Å². The molecule has 0 aromatic carbocycles. The first-order valence-electron chi connectivity index (χ1n) is 7.26. The van der Waals surface area contributed by atoms with Crippen LogP contribution in [-0.4, -0.2) is 42.3 Å². The van der Waals surface area contributed by atoms with Crippen molar-refractivity contribution in [3.63, 3.8) is 0 Å². The summed E-state index contributed by atoms with van der Waals surface area (Å²) in [6.07, 6.45) is 7.88. The number of hydrogen-bond acceptors (Lipinski definition) is 3. The van der Waals surface area contributed by atoms with Gasteiger partial charge in [-0.3, -0.25) is 4.90 Å². The van der Waals surface area contributed by atoms with E-state index in [1.165, 1.54) is 51.6 Å². The van der Waals surface area contributed by atoms with Gasteiger partial charge in [0.1, 0.15) is 0 Å². The zero-order valence-electron chi connectivity index (χ0n) is 12.3. The number of halogens is 2. The van der Waals surface area contributed by atoms with Crippen molar-refractivity contribution < 1.29 is 4.74 Å². The summed E-state index contributed by atoms with van der Waals surface area (Å²) in [7, 11) is 0. The van der Waals surface area contributed by atoms with Crippen LogP contribution in [0.5, 0.6) is 0 Å². The summed E-state index contributed by atoms with van der Waals surface area (Å²) in [4.78, 5) is 2.68. The molecule has 2 fully saturated rings. The van der Waals surface area contributed by atoms with Gasteiger partial charge in [-0.05, 0) is 52.4 Å². The Labute approximate surface area is 130 Å². The molecule has 0 spiro atoms. The van der Waals surface area contributed by atoms with Gasteiger partial charge in [-0.2, -0.15) is 0 Å². The fourth-order valence-corrected chi connectivity index (χ4v) is 3.37. The average molecular weight is 313 g/mol. The van der Waals surface area contributed by atoms with Crippen molar-refractivity contribution in [2.45, 2.75) is 70.1 Å². The molecule has 1 saturated heterocycles. The van der Waals surface area contributed by atoms with Crippen molar-refractivity contribution in [1.29, 1.82) is 0 Å². The van der Waals surface area contributed by atoms with Crippen LogP contribution >= 0.6 is 24.8 Å². The van der Waals surface area contributed by atoms with E-state index in [9.17, 15) is 0 Å². The van der Waals surface area contributed by atoms with Gasteiger partial charge in [0.15, 0.2) is 0 Å². The fourth-order valence-electron chi connectivity index (χ4n) is 3.37. The van der Waals surface area contributed by atoms with Crippen LogP contribution in [0.15, 0.2) is 0 Å². The number of piperidine rings is 1. The van der Waals surface area contributed by atoms with Gasteiger partial charge in [0.25, 0.3) is 0 Å². The fraction of sp³-hybridized carbons (Fsp3) is 1.00. The molecule has 116 valence electrons. The van der Waals surface area contributed by atoms with Crippen molar-refractivity contribution >= 4 is 24.8 Å². The number of rotatable bonds is 3. The predicted molar refractivity (Wildman–Crippen MR) is 85.6 cm³/mol. The summed E-state index contributed by atoms with van der Waals surface area (Å²) in [5.41, 5.74) is 6.40. The summed E-state index contributed by atoms with van der Waals surface area (Å²) < 4.78 is 5.74. The molecule has 5 heteroatoms. The molecule has 3 nitrogen and oxygen atoms in total. The maximum Gasteiger partial charge on any atom is 0.0576 e. The van der Waals surface area contributed by atoms with E-state index in [0.29, 0.717) is 17.7 Å². The Hall–Kier alpha value is 0.460. The van der Waals surface area contributed by atoms with E-state index in [2.05, 4.69) is 18.7 Å². The third-order valence-corrected chi connectivity index (χ3v) is 4.72. The second-order valence-electron chi connectivity index (χ2n) is 5.98. The van der Waals surface area contributed by atoms with Crippen LogP contribution in [0, 0.1) is 0 Å². The average Bonchev–Trinajstić information content (AvgIpc) is 2.33. The molecule has 0 aromatic rings. The normalized spacial score (nSPS) is 33.3. The van der Waals surface area contributed by atoms with Crippen LogP contribution < -0.4 is 5.73 Å². The highest BCUT2D eigenvalue weighted by Gasteiger charge is 2.37. The zero-order chi connectivity index (χ0) is 12.3. The van der Waals surface area contributed by atoms with Crippen molar-refractivity contribution in [2.75, 3.05) is 19.7 Å². The second-order valence-corrected chi connectivity index (χ2v) is 5.98. The topological polar surface area (TPSA) is 38.5 Å². The van der Waals surface area contributed by atoms with Gasteiger partial charge in [-0.15, -0.1) is 24.8 Å². The van der Waals surface area contributed by atoms with Gasteiger partial charge >= 0.3 is 0 Å². The van der Waals surface area contributed by atoms with E-state index in [0.717, 1.165) is 6.61 Å². The van der Waals surface area contributed by atoms with E-state index < -0.39 is 0 Å². The van der Waals surface area contributed by atoms with Crippen molar-refractivity contribution in [3.8, 4) is 0 Å². The smallest absolute Gasteiger partial charge is 0.0576 e. The summed E-state index contributed by atoms with van der Waals surface area (Å²) >= 11 is 0. The molecule has 1 aliphatic heterocycles. The highest BCUT2D eigenvalue weighted by molar-refractivity contribution is 5.85. The molecule has 2 rings (SSSR count). The van der Waals surface area contributed by atoms with Crippen LogP contribution in [-0.2, 0) is 4.74 Å². The lowest BCUT2D eigenvalue weighted by Gasteiger charge is -2.48. The molecule has 2 N–H and O–H groups in total. The number of likely N-dealkylation sites (tertiary alicyclic amines) is 1. The minimum absolute atomic E-state index is 0. The Morgan fingerprint density at radius 3 is 2.11 bits per heavy atom. The van der Waals surface area contributed by atoms with Crippen LogP contribution in [0.2, 0.25) is 0 Å². The van der Waals surface area contributed by atoms with Crippen molar-refractivity contribution in [2.24, 2.45) is 5.73 Å². The number of nitrogens with zero attached hydrogens (tertiary/aromatic N) is 1. The Bertz CT molecular complexity index is 238. The first-order valence-corrected chi connectivity index (χ1v) is 7.26. The van der Waals surface area contributed by atoms with E-state index in [1.54, 1.807) is 0 Å². The molecule has 2 aliphatic rings. The van der Waals surface area contributed by atoms with Crippen LogP contribution in [0.4, 0.5) is 0 Å². The molecule has 0 radical (unpaired) electrons. The second kappa shape index (κ2) is 8.68. The highest BCUT2D eigenvalue weighted by Crippen LogP contribution is 2.35. The molecule has 0 aromatic heterocycles. The van der Waals surface area contributed by atoms with Gasteiger partial charge in [-0.1, -0.05) is 0 Å². The van der Waals surface area contributed by atoms with E-state index in [-0.39, 0.29) is 24.8 Å². The lowest BCUT2D eigenvalue weighted by molar-refractivity contribution is -0.0248. The van der Waals surface area contributed by atoms with Crippen LogP contribution in [0.1, 0.15) is 52.4 Å². The Morgan fingerprint density at radius 1 is 1.11 bits per heavy atom. The van der Waals surface area contributed by atoms with E-state index in [1.807, 2.05) is 0 Å². The molecule has 1 aliphatic carbocycles. The van der Waals surface area contributed by atoms with Gasteiger partial charge in [0, 0.05) is 31.3 Å². The Kier molecular flexibility index (Phi) is 8.89. The van der Waals surface area contributed by atoms with Gasteiger partial charge < -0.3 is 10.5 Å². The Morgan fingerprint density at radius 2 is 1.63 bits per heavy atom. The summed E-state index contributed by atoms with van der Waals surface area (Å²) in [6.45, 7) is 7.78. The van der Waals surface area contributed by atoms with Gasteiger partial charge in [-0.25, -0.2) is 0 Å². The van der Waals surface area contributed by atoms with E-state index >= 15 is 0 Å². The molecule has 1 heterocycles. The standard InChI is InChI=1S/C14H28N2O.2ClH/c1-3-17-13-4-8-14(2,9-5-13)16-10-6-12(15)7-11-16;;/h12-13H,3-11,15H2,1-2H3;2*1H/t13-,14-;;. The third-order valence-electron chi connectivity index (χ3n) is 4.72. The monoisotopic (exact) mass is 312 g/mol. The SMILES string of the molecule is CCO[C@H]1CC[C@](C)(N2CCC(N)CC2)CC1.Cl.Cl. The van der Waals surface area contributed by atoms with Crippen molar-refractivity contribution in [3.05, 3.63) is 0 Å².